The highest BCUT2D eigenvalue weighted by atomic mass is 127. The molecule has 0 atom stereocenters. The molecule has 1 aliphatic heterocycles. The molecular weight excluding hydrogens is 712 g/mol. The van der Waals surface area contributed by atoms with E-state index in [-0.39, 0.29) is 17.7 Å². The van der Waals surface area contributed by atoms with Crippen LogP contribution in [0.2, 0.25) is 5.02 Å². The Hall–Kier alpha value is -1.76. The third-order valence-electron chi connectivity index (χ3n) is 5.09. The van der Waals surface area contributed by atoms with Gasteiger partial charge in [-0.3, -0.25) is 14.5 Å². The van der Waals surface area contributed by atoms with Crippen LogP contribution in [0.1, 0.15) is 23.6 Å². The highest BCUT2D eigenvalue weighted by Crippen LogP contribution is 2.38. The minimum Gasteiger partial charge on any atom is -0.490 e. The third-order valence-corrected chi connectivity index (χ3v) is 7.88. The van der Waals surface area contributed by atoms with Crippen LogP contribution in [0.25, 0.3) is 6.08 Å². The molecule has 3 aromatic rings. The molecule has 0 spiro atoms. The Morgan fingerprint density at radius 1 is 1.03 bits per heavy atom. The summed E-state index contributed by atoms with van der Waals surface area (Å²) in [4.78, 5) is 27.2. The van der Waals surface area contributed by atoms with E-state index < -0.39 is 0 Å². The van der Waals surface area contributed by atoms with Crippen LogP contribution in [0.5, 0.6) is 11.5 Å². The molecule has 0 radical (unpaired) electrons. The first-order valence-electron chi connectivity index (χ1n) is 10.7. The molecule has 1 aliphatic rings. The van der Waals surface area contributed by atoms with E-state index in [0.717, 1.165) is 35.6 Å². The van der Waals surface area contributed by atoms with Crippen LogP contribution in [0.15, 0.2) is 65.6 Å². The third kappa shape index (κ3) is 6.52. The predicted molar refractivity (Wildman–Crippen MR) is 157 cm³/mol. The number of carbonyl (C=O) groups is 2. The molecule has 0 aliphatic carbocycles. The summed E-state index contributed by atoms with van der Waals surface area (Å²) in [7, 11) is 0. The highest BCUT2D eigenvalue weighted by Gasteiger charge is 2.35. The standard InChI is InChI=1S/C26H20ClI2NO4S/c1-2-33-22-12-17(11-21(29)24(22)34-15-18-5-3-4-6-20(18)27)13-23-25(31)30(26(32)35-23)14-16-7-9-19(28)10-8-16/h3-13H,2,14-15H2,1H3/b23-13-. The molecule has 9 heteroatoms. The van der Waals surface area contributed by atoms with Gasteiger partial charge in [-0.25, -0.2) is 0 Å². The Bertz CT molecular complexity index is 1300. The minimum atomic E-state index is -0.300. The number of halogens is 3. The van der Waals surface area contributed by atoms with Crippen molar-refractivity contribution >= 4 is 85.8 Å². The summed E-state index contributed by atoms with van der Waals surface area (Å²) in [6.07, 6.45) is 1.72. The zero-order valence-electron chi connectivity index (χ0n) is 18.6. The number of ether oxygens (including phenoxy) is 2. The van der Waals surface area contributed by atoms with Gasteiger partial charge < -0.3 is 9.47 Å². The topological polar surface area (TPSA) is 55.8 Å². The summed E-state index contributed by atoms with van der Waals surface area (Å²) in [6.45, 7) is 2.89. The van der Waals surface area contributed by atoms with Gasteiger partial charge in [-0.05, 0) is 111 Å². The van der Waals surface area contributed by atoms with Gasteiger partial charge in [0.2, 0.25) is 0 Å². The molecule has 0 aromatic heterocycles. The SMILES string of the molecule is CCOc1cc(/C=C2\SC(=O)N(Cc3ccc(I)cc3)C2=O)cc(I)c1OCc1ccccc1Cl. The number of nitrogens with zero attached hydrogens (tertiary/aromatic N) is 1. The lowest BCUT2D eigenvalue weighted by Crippen LogP contribution is -2.27. The second kappa shape index (κ2) is 12.0. The summed E-state index contributed by atoms with van der Waals surface area (Å²) < 4.78 is 13.8. The van der Waals surface area contributed by atoms with E-state index in [9.17, 15) is 9.59 Å². The zero-order chi connectivity index (χ0) is 24.9. The molecule has 4 rings (SSSR count). The molecular formula is C26H20ClI2NO4S. The maximum atomic E-state index is 13.0. The molecule has 0 N–H and O–H groups in total. The van der Waals surface area contributed by atoms with E-state index in [1.165, 1.54) is 4.90 Å². The summed E-state index contributed by atoms with van der Waals surface area (Å²) >= 11 is 11.6. The van der Waals surface area contributed by atoms with E-state index in [0.29, 0.717) is 34.6 Å². The lowest BCUT2D eigenvalue weighted by molar-refractivity contribution is -0.123. The zero-order valence-corrected chi connectivity index (χ0v) is 24.5. The number of amides is 2. The lowest BCUT2D eigenvalue weighted by Gasteiger charge is -2.15. The van der Waals surface area contributed by atoms with Gasteiger partial charge in [0.25, 0.3) is 11.1 Å². The van der Waals surface area contributed by atoms with Crippen LogP contribution in [0, 0.1) is 7.14 Å². The number of benzene rings is 3. The van der Waals surface area contributed by atoms with Crippen molar-refractivity contribution in [1.29, 1.82) is 0 Å². The average Bonchev–Trinajstić information content (AvgIpc) is 3.08. The summed E-state index contributed by atoms with van der Waals surface area (Å²) in [6, 6.07) is 19.0. The predicted octanol–water partition coefficient (Wildman–Crippen LogP) is 7.76. The van der Waals surface area contributed by atoms with Crippen molar-refractivity contribution < 1.29 is 19.1 Å². The summed E-state index contributed by atoms with van der Waals surface area (Å²) in [5.74, 6) is 0.873. The van der Waals surface area contributed by atoms with Crippen molar-refractivity contribution in [3.63, 3.8) is 0 Å². The molecule has 5 nitrogen and oxygen atoms in total. The van der Waals surface area contributed by atoms with Crippen molar-refractivity contribution in [1.82, 2.24) is 4.90 Å². The number of rotatable bonds is 8. The molecule has 3 aromatic carbocycles. The van der Waals surface area contributed by atoms with Crippen LogP contribution in [-0.2, 0) is 17.9 Å². The molecule has 0 unspecified atom stereocenters. The van der Waals surface area contributed by atoms with Gasteiger partial charge in [-0.15, -0.1) is 0 Å². The number of imide groups is 1. The van der Waals surface area contributed by atoms with Crippen LogP contribution in [0.3, 0.4) is 0 Å². The van der Waals surface area contributed by atoms with Gasteiger partial charge in [-0.2, -0.15) is 0 Å². The molecule has 0 bridgehead atoms. The van der Waals surface area contributed by atoms with Crippen LogP contribution < -0.4 is 9.47 Å². The van der Waals surface area contributed by atoms with Crippen molar-refractivity contribution in [2.24, 2.45) is 0 Å². The Labute approximate surface area is 240 Å². The minimum absolute atomic E-state index is 0.246. The number of carbonyl (C=O) groups excluding carboxylic acids is 2. The summed E-state index contributed by atoms with van der Waals surface area (Å²) in [5, 5.41) is 0.359. The van der Waals surface area contributed by atoms with E-state index in [4.69, 9.17) is 21.1 Å². The quantitative estimate of drug-likeness (QED) is 0.175. The average molecular weight is 732 g/mol. The first-order chi connectivity index (χ1) is 16.9. The first-order valence-corrected chi connectivity index (χ1v) is 14.0. The van der Waals surface area contributed by atoms with E-state index in [1.807, 2.05) is 67.6 Å². The number of hydrogen-bond donors (Lipinski definition) is 0. The van der Waals surface area contributed by atoms with Gasteiger partial charge in [0.05, 0.1) is 21.6 Å². The molecule has 1 fully saturated rings. The maximum Gasteiger partial charge on any atom is 0.293 e. The second-order valence-electron chi connectivity index (χ2n) is 7.54. The Morgan fingerprint density at radius 2 is 1.77 bits per heavy atom. The van der Waals surface area contributed by atoms with Crippen LogP contribution in [0.4, 0.5) is 4.79 Å². The van der Waals surface area contributed by atoms with Crippen molar-refractivity contribution in [3.05, 3.63) is 94.4 Å². The fourth-order valence-electron chi connectivity index (χ4n) is 3.40. The fraction of sp³-hybridized carbons (Fsp3) is 0.154. The smallest absolute Gasteiger partial charge is 0.293 e. The molecule has 180 valence electrons. The molecule has 2 amide bonds. The molecule has 35 heavy (non-hydrogen) atoms. The van der Waals surface area contributed by atoms with E-state index in [1.54, 1.807) is 6.08 Å². The van der Waals surface area contributed by atoms with E-state index in [2.05, 4.69) is 45.2 Å². The number of thioether (sulfide) groups is 1. The molecule has 1 heterocycles. The second-order valence-corrected chi connectivity index (χ2v) is 11.3. The van der Waals surface area contributed by atoms with E-state index >= 15 is 0 Å². The normalized spacial score (nSPS) is 14.6. The largest absolute Gasteiger partial charge is 0.490 e. The molecule has 1 saturated heterocycles. The number of hydrogen-bond acceptors (Lipinski definition) is 5. The first kappa shape index (κ1) is 26.3. The monoisotopic (exact) mass is 731 g/mol. The van der Waals surface area contributed by atoms with Gasteiger partial charge in [0.15, 0.2) is 11.5 Å². The fourth-order valence-corrected chi connectivity index (χ4v) is 5.57. The van der Waals surface area contributed by atoms with Crippen molar-refractivity contribution in [2.75, 3.05) is 6.61 Å². The summed E-state index contributed by atoms with van der Waals surface area (Å²) in [5.41, 5.74) is 2.53. The van der Waals surface area contributed by atoms with Crippen molar-refractivity contribution in [3.8, 4) is 11.5 Å². The van der Waals surface area contributed by atoms with Gasteiger partial charge in [0, 0.05) is 14.2 Å². The van der Waals surface area contributed by atoms with Gasteiger partial charge in [0.1, 0.15) is 6.61 Å². The van der Waals surface area contributed by atoms with Gasteiger partial charge >= 0.3 is 0 Å². The van der Waals surface area contributed by atoms with Crippen LogP contribution >= 0.6 is 68.5 Å². The maximum absolute atomic E-state index is 13.0. The van der Waals surface area contributed by atoms with Crippen LogP contribution in [-0.4, -0.2) is 22.7 Å². The molecule has 0 saturated carbocycles. The Kier molecular flexibility index (Phi) is 9.01. The van der Waals surface area contributed by atoms with Gasteiger partial charge in [-0.1, -0.05) is 41.9 Å². The van der Waals surface area contributed by atoms with Crippen molar-refractivity contribution in [2.45, 2.75) is 20.1 Å². The Balaban J connectivity index is 1.55. The highest BCUT2D eigenvalue weighted by molar-refractivity contribution is 14.1. The Morgan fingerprint density at radius 3 is 2.49 bits per heavy atom. The lowest BCUT2D eigenvalue weighted by atomic mass is 10.1.